The molecule has 0 saturated heterocycles. The van der Waals surface area contributed by atoms with E-state index in [4.69, 9.17) is 0 Å². The van der Waals surface area contributed by atoms with Crippen molar-refractivity contribution in [1.82, 2.24) is 35.2 Å². The molecule has 13 heavy (non-hydrogen) atoms. The van der Waals surface area contributed by atoms with Gasteiger partial charge in [0.05, 0.1) is 0 Å². The molecule has 63 valence electrons. The third kappa shape index (κ3) is 1.89. The van der Waals surface area contributed by atoms with Crippen LogP contribution in [-0.4, -0.2) is 29.9 Å². The lowest BCUT2D eigenvalue weighted by atomic mass is 10.8. The molecule has 0 aliphatic rings. The van der Waals surface area contributed by atoms with Crippen LogP contribution < -0.4 is 5.32 Å². The summed E-state index contributed by atoms with van der Waals surface area (Å²) in [6, 6.07) is 0. The molecule has 0 amide bonds. The third-order valence-corrected chi connectivity index (χ3v) is 1.16. The minimum absolute atomic E-state index is 0.279. The van der Waals surface area contributed by atoms with Gasteiger partial charge in [-0.05, 0) is 0 Å². The molecule has 2 heterocycles. The molecule has 0 fully saturated rings. The Labute approximate surface area is 73.4 Å². The molecular formula is C6H4N7. The summed E-state index contributed by atoms with van der Waals surface area (Å²) in [4.78, 5) is 22.4. The molecule has 0 atom stereocenters. The number of aromatic nitrogens is 6. The molecule has 0 spiro atoms. The Morgan fingerprint density at radius 3 is 1.46 bits per heavy atom. The number of hydrogen-bond acceptors (Lipinski definition) is 6. The number of hydrogen-bond donors (Lipinski definition) is 0. The van der Waals surface area contributed by atoms with E-state index in [1.165, 1.54) is 25.3 Å². The number of nitrogens with zero attached hydrogens (tertiary/aromatic N) is 7. The maximum absolute atomic E-state index is 3.92. The van der Waals surface area contributed by atoms with Gasteiger partial charge in [-0.15, -0.1) is 0 Å². The van der Waals surface area contributed by atoms with E-state index in [9.17, 15) is 0 Å². The minimum Gasteiger partial charge on any atom is -0.225 e. The van der Waals surface area contributed by atoms with Crippen molar-refractivity contribution in [3.8, 4) is 0 Å². The molecule has 0 bridgehead atoms. The highest BCUT2D eigenvalue weighted by Crippen LogP contribution is 2.01. The van der Waals surface area contributed by atoms with Crippen LogP contribution in [0.5, 0.6) is 0 Å². The van der Waals surface area contributed by atoms with E-state index in [-0.39, 0.29) is 11.9 Å². The molecule has 0 unspecified atom stereocenters. The van der Waals surface area contributed by atoms with Crippen LogP contribution in [-0.2, 0) is 0 Å². The van der Waals surface area contributed by atoms with Gasteiger partial charge in [-0.3, -0.25) is 0 Å². The summed E-state index contributed by atoms with van der Waals surface area (Å²) in [6.45, 7) is 0. The monoisotopic (exact) mass is 174 g/mol. The van der Waals surface area contributed by atoms with Crippen LogP contribution in [0.15, 0.2) is 25.3 Å². The number of rotatable bonds is 2. The highest BCUT2D eigenvalue weighted by Gasteiger charge is 1.99. The topological polar surface area (TPSA) is 91.4 Å². The largest absolute Gasteiger partial charge is 0.255 e. The van der Waals surface area contributed by atoms with Crippen molar-refractivity contribution in [3.63, 3.8) is 0 Å². The maximum atomic E-state index is 3.92. The predicted octanol–water partition coefficient (Wildman–Crippen LogP) is -0.376. The van der Waals surface area contributed by atoms with Gasteiger partial charge in [0.2, 0.25) is 0 Å². The molecule has 0 aliphatic carbocycles. The lowest BCUT2D eigenvalue weighted by molar-refractivity contribution is 0.892. The quantitative estimate of drug-likeness (QED) is 0.616. The minimum atomic E-state index is 0.279. The van der Waals surface area contributed by atoms with E-state index in [0.29, 0.717) is 0 Å². The zero-order chi connectivity index (χ0) is 8.93. The molecule has 2 aromatic rings. The smallest absolute Gasteiger partial charge is 0.225 e. The summed E-state index contributed by atoms with van der Waals surface area (Å²) < 4.78 is 0. The van der Waals surface area contributed by atoms with Crippen LogP contribution in [0.4, 0.5) is 11.9 Å². The Kier molecular flexibility index (Phi) is 2.00. The van der Waals surface area contributed by atoms with Crippen molar-refractivity contribution in [2.24, 2.45) is 0 Å². The lowest BCUT2D eigenvalue weighted by Crippen LogP contribution is -1.99. The fourth-order valence-electron chi connectivity index (χ4n) is 0.671. The second-order valence-electron chi connectivity index (χ2n) is 1.99. The zero-order valence-corrected chi connectivity index (χ0v) is 6.44. The average Bonchev–Trinajstić information content (AvgIpc) is 2.21. The molecule has 2 rings (SSSR count). The van der Waals surface area contributed by atoms with E-state index in [2.05, 4.69) is 35.2 Å². The second-order valence-corrected chi connectivity index (χ2v) is 1.99. The second kappa shape index (κ2) is 3.48. The molecule has 0 saturated carbocycles. The Morgan fingerprint density at radius 1 is 0.692 bits per heavy atom. The van der Waals surface area contributed by atoms with E-state index >= 15 is 0 Å². The van der Waals surface area contributed by atoms with Crippen LogP contribution in [0.1, 0.15) is 0 Å². The lowest BCUT2D eigenvalue weighted by Gasteiger charge is -1.95. The summed E-state index contributed by atoms with van der Waals surface area (Å²) in [5.74, 6) is 0.558. The van der Waals surface area contributed by atoms with Crippen LogP contribution in [0.3, 0.4) is 0 Å². The Balaban J connectivity index is 2.16. The fraction of sp³-hybridized carbons (Fsp3) is 0. The Bertz CT molecular complexity index is 324. The Hall–Kier alpha value is -2.18. The maximum Gasteiger partial charge on any atom is 0.255 e. The van der Waals surface area contributed by atoms with Gasteiger partial charge >= 0.3 is 0 Å². The van der Waals surface area contributed by atoms with Gasteiger partial charge in [0.15, 0.2) is 0 Å². The molecule has 1 radical (unpaired) electrons. The fourth-order valence-corrected chi connectivity index (χ4v) is 0.671. The van der Waals surface area contributed by atoms with Crippen LogP contribution in [0, 0.1) is 0 Å². The SMILES string of the molecule is c1ncnc([N]c2ncncn2)n1. The van der Waals surface area contributed by atoms with Gasteiger partial charge in [0.25, 0.3) is 11.9 Å². The highest BCUT2D eigenvalue weighted by atomic mass is 15.2. The van der Waals surface area contributed by atoms with Crippen molar-refractivity contribution < 1.29 is 0 Å². The first-order valence-electron chi connectivity index (χ1n) is 3.41. The van der Waals surface area contributed by atoms with Crippen LogP contribution in [0.2, 0.25) is 0 Å². The van der Waals surface area contributed by atoms with E-state index in [1.54, 1.807) is 0 Å². The van der Waals surface area contributed by atoms with Gasteiger partial charge in [-0.1, -0.05) is 0 Å². The van der Waals surface area contributed by atoms with Crippen molar-refractivity contribution >= 4 is 11.9 Å². The van der Waals surface area contributed by atoms with E-state index in [1.807, 2.05) is 0 Å². The predicted molar refractivity (Wildman–Crippen MR) is 41.1 cm³/mol. The van der Waals surface area contributed by atoms with Gasteiger partial charge in [-0.25, -0.2) is 9.97 Å². The molecule has 0 N–H and O–H groups in total. The molecular weight excluding hydrogens is 170 g/mol. The van der Waals surface area contributed by atoms with Crippen molar-refractivity contribution in [2.75, 3.05) is 0 Å². The van der Waals surface area contributed by atoms with E-state index in [0.717, 1.165) is 0 Å². The Morgan fingerprint density at radius 2 is 1.08 bits per heavy atom. The van der Waals surface area contributed by atoms with Gasteiger partial charge in [0, 0.05) is 0 Å². The van der Waals surface area contributed by atoms with Crippen molar-refractivity contribution in [1.29, 1.82) is 0 Å². The summed E-state index contributed by atoms with van der Waals surface area (Å²) in [5, 5.41) is 3.92. The zero-order valence-electron chi connectivity index (χ0n) is 6.44. The van der Waals surface area contributed by atoms with Crippen molar-refractivity contribution in [3.05, 3.63) is 25.3 Å². The highest BCUT2D eigenvalue weighted by molar-refractivity contribution is 5.24. The molecule has 7 heteroatoms. The van der Waals surface area contributed by atoms with Gasteiger partial charge < -0.3 is 0 Å². The van der Waals surface area contributed by atoms with Crippen molar-refractivity contribution in [2.45, 2.75) is 0 Å². The summed E-state index contributed by atoms with van der Waals surface area (Å²) in [6.07, 6.45) is 5.42. The average molecular weight is 174 g/mol. The molecule has 0 aromatic carbocycles. The molecule has 7 nitrogen and oxygen atoms in total. The standard InChI is InChI=1S/C6H4N7/c1-7-2-10-5(9-1)13-6-11-3-8-4-12-6/h1-4H. The first-order valence-corrected chi connectivity index (χ1v) is 3.41. The summed E-state index contributed by atoms with van der Waals surface area (Å²) in [5.41, 5.74) is 0. The van der Waals surface area contributed by atoms with Gasteiger partial charge in [0.1, 0.15) is 25.3 Å². The molecule has 0 aliphatic heterocycles. The van der Waals surface area contributed by atoms with Crippen LogP contribution >= 0.6 is 0 Å². The molecule has 2 aromatic heterocycles. The first kappa shape index (κ1) is 7.47. The normalized spacial score (nSPS) is 9.54. The first-order chi connectivity index (χ1) is 6.45. The van der Waals surface area contributed by atoms with Gasteiger partial charge in [-0.2, -0.15) is 25.3 Å². The summed E-state index contributed by atoms with van der Waals surface area (Å²) in [7, 11) is 0. The van der Waals surface area contributed by atoms with Crippen LogP contribution in [0.25, 0.3) is 0 Å². The third-order valence-electron chi connectivity index (χ3n) is 1.16. The van der Waals surface area contributed by atoms with E-state index < -0.39 is 0 Å². The summed E-state index contributed by atoms with van der Waals surface area (Å²) >= 11 is 0.